The Hall–Kier alpha value is -1.56. The van der Waals surface area contributed by atoms with Gasteiger partial charge in [-0.1, -0.05) is 62.4 Å². The first-order valence-corrected chi connectivity index (χ1v) is 6.03. The topological polar surface area (TPSA) is 0 Å². The lowest BCUT2D eigenvalue weighted by atomic mass is 9.93. The lowest BCUT2D eigenvalue weighted by Gasteiger charge is -2.12. The molecule has 0 amide bonds. The van der Waals surface area contributed by atoms with Gasteiger partial charge in [-0.2, -0.15) is 0 Å². The first-order valence-electron chi connectivity index (χ1n) is 6.03. The molecule has 0 heterocycles. The van der Waals surface area contributed by atoms with Crippen molar-refractivity contribution in [2.45, 2.75) is 26.7 Å². The SMILES string of the molecule is CCc1cccc(-c2ccccc2)c1CC. The average Bonchev–Trinajstić information content (AvgIpc) is 2.38. The molecule has 0 fully saturated rings. The third-order valence-electron chi connectivity index (χ3n) is 3.09. The molecule has 2 aromatic carbocycles. The molecular formula is C16H18. The Kier molecular flexibility index (Phi) is 3.40. The van der Waals surface area contributed by atoms with Crippen molar-refractivity contribution in [3.63, 3.8) is 0 Å². The fraction of sp³-hybridized carbons (Fsp3) is 0.250. The molecule has 0 saturated heterocycles. The molecule has 0 aliphatic heterocycles. The van der Waals surface area contributed by atoms with Crippen LogP contribution in [0.4, 0.5) is 0 Å². The van der Waals surface area contributed by atoms with Crippen molar-refractivity contribution in [1.29, 1.82) is 0 Å². The van der Waals surface area contributed by atoms with E-state index in [4.69, 9.17) is 0 Å². The summed E-state index contributed by atoms with van der Waals surface area (Å²) in [6, 6.07) is 17.3. The first kappa shape index (κ1) is 10.9. The smallest absolute Gasteiger partial charge is 0.0149 e. The van der Waals surface area contributed by atoms with E-state index in [0.717, 1.165) is 12.8 Å². The number of benzene rings is 2. The minimum absolute atomic E-state index is 1.11. The summed E-state index contributed by atoms with van der Waals surface area (Å²) in [4.78, 5) is 0. The van der Waals surface area contributed by atoms with Crippen molar-refractivity contribution in [3.05, 3.63) is 59.7 Å². The molecule has 0 heteroatoms. The molecule has 0 bridgehead atoms. The normalized spacial score (nSPS) is 10.4. The first-order chi connectivity index (χ1) is 7.86. The lowest BCUT2D eigenvalue weighted by Crippen LogP contribution is -1.94. The highest BCUT2D eigenvalue weighted by atomic mass is 14.1. The Morgan fingerprint density at radius 2 is 1.50 bits per heavy atom. The van der Waals surface area contributed by atoms with Crippen LogP contribution in [-0.2, 0) is 12.8 Å². The summed E-state index contributed by atoms with van der Waals surface area (Å²) in [5.41, 5.74) is 5.69. The fourth-order valence-corrected chi connectivity index (χ4v) is 2.27. The number of hydrogen-bond donors (Lipinski definition) is 0. The van der Waals surface area contributed by atoms with Gasteiger partial charge in [0.1, 0.15) is 0 Å². The number of rotatable bonds is 3. The zero-order chi connectivity index (χ0) is 11.4. The summed E-state index contributed by atoms with van der Waals surface area (Å²) in [5, 5.41) is 0. The van der Waals surface area contributed by atoms with E-state index in [1.807, 2.05) is 0 Å². The zero-order valence-corrected chi connectivity index (χ0v) is 10.0. The molecule has 0 radical (unpaired) electrons. The second-order valence-electron chi connectivity index (χ2n) is 4.02. The largest absolute Gasteiger partial charge is 0.0622 e. The summed E-state index contributed by atoms with van der Waals surface area (Å²) in [6.45, 7) is 4.46. The molecule has 0 aliphatic rings. The van der Waals surface area contributed by atoms with Crippen LogP contribution in [0, 0.1) is 0 Å². The highest BCUT2D eigenvalue weighted by Gasteiger charge is 2.06. The van der Waals surface area contributed by atoms with Gasteiger partial charge in [-0.25, -0.2) is 0 Å². The van der Waals surface area contributed by atoms with Crippen LogP contribution >= 0.6 is 0 Å². The second-order valence-corrected chi connectivity index (χ2v) is 4.02. The third kappa shape index (κ3) is 2.01. The molecule has 0 nitrogen and oxygen atoms in total. The van der Waals surface area contributed by atoms with Crippen molar-refractivity contribution in [3.8, 4) is 11.1 Å². The number of hydrogen-bond acceptors (Lipinski definition) is 0. The van der Waals surface area contributed by atoms with E-state index in [9.17, 15) is 0 Å². The van der Waals surface area contributed by atoms with Crippen LogP contribution in [0.1, 0.15) is 25.0 Å². The van der Waals surface area contributed by atoms with Gasteiger partial charge in [0.05, 0.1) is 0 Å². The summed E-state index contributed by atoms with van der Waals surface area (Å²) in [5.74, 6) is 0. The molecule has 82 valence electrons. The summed E-state index contributed by atoms with van der Waals surface area (Å²) < 4.78 is 0. The molecule has 0 N–H and O–H groups in total. The van der Waals surface area contributed by atoms with E-state index >= 15 is 0 Å². The van der Waals surface area contributed by atoms with Gasteiger partial charge in [0.2, 0.25) is 0 Å². The van der Waals surface area contributed by atoms with Crippen molar-refractivity contribution in [2.24, 2.45) is 0 Å². The highest BCUT2D eigenvalue weighted by molar-refractivity contribution is 5.68. The minimum Gasteiger partial charge on any atom is -0.0622 e. The zero-order valence-electron chi connectivity index (χ0n) is 10.0. The van der Waals surface area contributed by atoms with Gasteiger partial charge in [0.25, 0.3) is 0 Å². The minimum atomic E-state index is 1.11. The van der Waals surface area contributed by atoms with Crippen molar-refractivity contribution < 1.29 is 0 Å². The van der Waals surface area contributed by atoms with Gasteiger partial charge >= 0.3 is 0 Å². The van der Waals surface area contributed by atoms with Crippen molar-refractivity contribution >= 4 is 0 Å². The molecule has 16 heavy (non-hydrogen) atoms. The Bertz CT molecular complexity index is 455. The molecule has 0 aliphatic carbocycles. The van der Waals surface area contributed by atoms with Crippen LogP contribution in [0.2, 0.25) is 0 Å². The van der Waals surface area contributed by atoms with Gasteiger partial charge in [0.15, 0.2) is 0 Å². The molecular weight excluding hydrogens is 192 g/mol. The molecule has 0 spiro atoms. The second kappa shape index (κ2) is 4.98. The molecule has 0 aromatic heterocycles. The third-order valence-corrected chi connectivity index (χ3v) is 3.09. The van der Waals surface area contributed by atoms with Gasteiger partial charge in [-0.15, -0.1) is 0 Å². The van der Waals surface area contributed by atoms with Crippen LogP contribution in [0.3, 0.4) is 0 Å². The molecule has 0 saturated carbocycles. The maximum Gasteiger partial charge on any atom is -0.0149 e. The Morgan fingerprint density at radius 3 is 2.12 bits per heavy atom. The predicted molar refractivity (Wildman–Crippen MR) is 70.6 cm³/mol. The van der Waals surface area contributed by atoms with Crippen LogP contribution in [0.15, 0.2) is 48.5 Å². The molecule has 0 atom stereocenters. The monoisotopic (exact) mass is 210 g/mol. The van der Waals surface area contributed by atoms with E-state index in [0.29, 0.717) is 0 Å². The molecule has 2 rings (SSSR count). The van der Waals surface area contributed by atoms with Crippen LogP contribution < -0.4 is 0 Å². The van der Waals surface area contributed by atoms with E-state index in [-0.39, 0.29) is 0 Å². The summed E-state index contributed by atoms with van der Waals surface area (Å²) in [6.07, 6.45) is 2.22. The maximum absolute atomic E-state index is 2.24. The van der Waals surface area contributed by atoms with Crippen LogP contribution in [-0.4, -0.2) is 0 Å². The van der Waals surface area contributed by atoms with Crippen LogP contribution in [0.5, 0.6) is 0 Å². The van der Waals surface area contributed by atoms with Gasteiger partial charge in [0, 0.05) is 0 Å². The van der Waals surface area contributed by atoms with E-state index in [1.54, 1.807) is 0 Å². The fourth-order valence-electron chi connectivity index (χ4n) is 2.27. The van der Waals surface area contributed by atoms with Gasteiger partial charge in [-0.05, 0) is 35.1 Å². The Balaban J connectivity index is 2.57. The standard InChI is InChI=1S/C16H18/c1-3-13-11-8-12-16(15(13)4-2)14-9-6-5-7-10-14/h5-12H,3-4H2,1-2H3. The summed E-state index contributed by atoms with van der Waals surface area (Å²) >= 11 is 0. The number of aryl methyl sites for hydroxylation is 1. The Labute approximate surface area is 97.9 Å². The summed E-state index contributed by atoms with van der Waals surface area (Å²) in [7, 11) is 0. The predicted octanol–water partition coefficient (Wildman–Crippen LogP) is 4.48. The lowest BCUT2D eigenvalue weighted by molar-refractivity contribution is 1.04. The van der Waals surface area contributed by atoms with Crippen molar-refractivity contribution in [2.75, 3.05) is 0 Å². The Morgan fingerprint density at radius 1 is 0.750 bits per heavy atom. The van der Waals surface area contributed by atoms with Crippen LogP contribution in [0.25, 0.3) is 11.1 Å². The van der Waals surface area contributed by atoms with E-state index < -0.39 is 0 Å². The van der Waals surface area contributed by atoms with E-state index in [1.165, 1.54) is 22.3 Å². The van der Waals surface area contributed by atoms with Gasteiger partial charge in [-0.3, -0.25) is 0 Å². The average molecular weight is 210 g/mol. The van der Waals surface area contributed by atoms with Crippen molar-refractivity contribution in [1.82, 2.24) is 0 Å². The quantitative estimate of drug-likeness (QED) is 0.700. The molecule has 0 unspecified atom stereocenters. The van der Waals surface area contributed by atoms with Gasteiger partial charge < -0.3 is 0 Å². The highest BCUT2D eigenvalue weighted by Crippen LogP contribution is 2.26. The molecule has 2 aromatic rings. The maximum atomic E-state index is 2.24. The van der Waals surface area contributed by atoms with E-state index in [2.05, 4.69) is 62.4 Å².